The van der Waals surface area contributed by atoms with Gasteiger partial charge in [0.2, 0.25) is 0 Å². The minimum absolute atomic E-state index is 0.920. The van der Waals surface area contributed by atoms with Crippen molar-refractivity contribution in [1.82, 2.24) is 0 Å². The van der Waals surface area contributed by atoms with Gasteiger partial charge in [0.05, 0.1) is 0 Å². The van der Waals surface area contributed by atoms with Gasteiger partial charge in [-0.3, -0.25) is 0 Å². The molecule has 0 spiro atoms. The molecule has 0 rings (SSSR count). The molecule has 0 unspecified atom stereocenters. The maximum atomic E-state index is 3.86. The van der Waals surface area contributed by atoms with Crippen molar-refractivity contribution in [3.63, 3.8) is 0 Å². The molecular weight excluding hydrogens is 153 g/mol. The van der Waals surface area contributed by atoms with Crippen molar-refractivity contribution in [3.05, 3.63) is 0 Å². The van der Waals surface area contributed by atoms with Gasteiger partial charge in [-0.25, -0.2) is 0 Å². The van der Waals surface area contributed by atoms with Crippen molar-refractivity contribution >= 4 is 20.3 Å². The zero-order chi connectivity index (χ0) is 5.54. The van der Waals surface area contributed by atoms with Crippen molar-refractivity contribution in [2.45, 2.75) is 19.8 Å². The second kappa shape index (κ2) is 6.10. The third-order valence-corrected chi connectivity index (χ3v) is 0.959. The molecule has 7 heavy (non-hydrogen) atoms. The molecular formula is C5H9NSe. The molecule has 40 valence electrons. The van der Waals surface area contributed by atoms with E-state index in [1.54, 1.807) is 0 Å². The first-order valence-electron chi connectivity index (χ1n) is 2.45. The van der Waals surface area contributed by atoms with E-state index in [-0.39, 0.29) is 0 Å². The molecule has 0 bridgehead atoms. The molecule has 0 aromatic rings. The summed E-state index contributed by atoms with van der Waals surface area (Å²) in [5.74, 6) is 0. The van der Waals surface area contributed by atoms with Gasteiger partial charge in [0.15, 0.2) is 0 Å². The Labute approximate surface area is 52.2 Å². The average molecular weight is 162 g/mol. The van der Waals surface area contributed by atoms with Crippen LogP contribution in [0.2, 0.25) is 0 Å². The van der Waals surface area contributed by atoms with Crippen LogP contribution in [-0.2, 0) is 0 Å². The number of rotatable bonds is 3. The van der Waals surface area contributed by atoms with Crippen molar-refractivity contribution < 1.29 is 0 Å². The normalized spacial score (nSPS) is 7.57. The van der Waals surface area contributed by atoms with Crippen LogP contribution in [0.1, 0.15) is 19.8 Å². The number of nitrogens with zero attached hydrogens (tertiary/aromatic N) is 1. The third kappa shape index (κ3) is 6.10. The Bertz CT molecular complexity index is 74.1. The standard InChI is InChI=1S/C5H9NSe/c1-2-3-4-6-5-7/h2-4H2,1H3. The monoisotopic (exact) mass is 163 g/mol. The molecule has 0 aromatic carbocycles. The first-order chi connectivity index (χ1) is 3.41. The van der Waals surface area contributed by atoms with E-state index in [9.17, 15) is 0 Å². The third-order valence-electron chi connectivity index (χ3n) is 0.688. The van der Waals surface area contributed by atoms with E-state index in [1.165, 1.54) is 12.8 Å². The Morgan fingerprint density at radius 2 is 2.43 bits per heavy atom. The predicted molar refractivity (Wildman–Crippen MR) is 33.0 cm³/mol. The summed E-state index contributed by atoms with van der Waals surface area (Å²) in [5, 5.41) is 0. The van der Waals surface area contributed by atoms with Gasteiger partial charge in [0, 0.05) is 0 Å². The van der Waals surface area contributed by atoms with E-state index in [0.717, 1.165) is 6.54 Å². The summed E-state index contributed by atoms with van der Waals surface area (Å²) in [6, 6.07) is 0. The average Bonchev–Trinajstić information content (AvgIpc) is 1.69. The summed E-state index contributed by atoms with van der Waals surface area (Å²) in [6.45, 7) is 3.07. The second-order valence-electron chi connectivity index (χ2n) is 1.33. The quantitative estimate of drug-likeness (QED) is 0.331. The Balaban J connectivity index is 2.83. The van der Waals surface area contributed by atoms with E-state index >= 15 is 0 Å². The Kier molecular flexibility index (Phi) is 6.19. The van der Waals surface area contributed by atoms with Gasteiger partial charge in [0.1, 0.15) is 0 Å². The van der Waals surface area contributed by atoms with E-state index in [4.69, 9.17) is 0 Å². The van der Waals surface area contributed by atoms with Crippen LogP contribution >= 0.6 is 0 Å². The topological polar surface area (TPSA) is 12.4 Å². The fourth-order valence-corrected chi connectivity index (χ4v) is 0.474. The zero-order valence-corrected chi connectivity index (χ0v) is 6.19. The number of unbranched alkanes of at least 4 members (excludes halogenated alkanes) is 1. The molecule has 2 heteroatoms. The van der Waals surface area contributed by atoms with Crippen LogP contribution < -0.4 is 0 Å². The van der Waals surface area contributed by atoms with Gasteiger partial charge < -0.3 is 0 Å². The number of aliphatic imine (C=N–C) groups is 1. The molecule has 0 fully saturated rings. The van der Waals surface area contributed by atoms with Crippen LogP contribution in [0.25, 0.3) is 0 Å². The number of hydrogen-bond donors (Lipinski definition) is 0. The van der Waals surface area contributed by atoms with Gasteiger partial charge in [-0.2, -0.15) is 0 Å². The summed E-state index contributed by atoms with van der Waals surface area (Å²) >= 11 is 2.58. The van der Waals surface area contributed by atoms with Crippen molar-refractivity contribution in [2.75, 3.05) is 6.54 Å². The van der Waals surface area contributed by atoms with Crippen molar-refractivity contribution in [1.29, 1.82) is 0 Å². The van der Waals surface area contributed by atoms with E-state index < -0.39 is 0 Å². The van der Waals surface area contributed by atoms with Crippen LogP contribution in [0.5, 0.6) is 0 Å². The molecule has 0 amide bonds. The Morgan fingerprint density at radius 3 is 2.86 bits per heavy atom. The SMILES string of the molecule is CCCCN=C=[Se]. The van der Waals surface area contributed by atoms with Gasteiger partial charge >= 0.3 is 51.6 Å². The van der Waals surface area contributed by atoms with Gasteiger partial charge in [-0.05, 0) is 0 Å². The van der Waals surface area contributed by atoms with Crippen LogP contribution in [0.3, 0.4) is 0 Å². The van der Waals surface area contributed by atoms with Gasteiger partial charge in [-0.15, -0.1) is 0 Å². The molecule has 0 saturated carbocycles. The van der Waals surface area contributed by atoms with Crippen LogP contribution in [0.4, 0.5) is 0 Å². The summed E-state index contributed by atoms with van der Waals surface area (Å²) in [5.41, 5.74) is 0. The van der Waals surface area contributed by atoms with E-state index in [0.29, 0.717) is 0 Å². The molecule has 0 aliphatic carbocycles. The first kappa shape index (κ1) is 7.10. The van der Waals surface area contributed by atoms with Crippen molar-refractivity contribution in [2.24, 2.45) is 4.99 Å². The van der Waals surface area contributed by atoms with Crippen LogP contribution in [0.15, 0.2) is 4.99 Å². The van der Waals surface area contributed by atoms with Crippen LogP contribution in [0, 0.1) is 0 Å². The fourth-order valence-electron chi connectivity index (χ4n) is 0.283. The summed E-state index contributed by atoms with van der Waals surface area (Å²) < 4.78 is 2.60. The first-order valence-corrected chi connectivity index (χ1v) is 3.31. The molecule has 0 saturated heterocycles. The van der Waals surface area contributed by atoms with E-state index in [2.05, 4.69) is 32.2 Å². The Hall–Kier alpha value is 0.0995. The van der Waals surface area contributed by atoms with Crippen LogP contribution in [-0.4, -0.2) is 26.8 Å². The zero-order valence-electron chi connectivity index (χ0n) is 4.48. The molecule has 0 atom stereocenters. The molecule has 1 nitrogen and oxygen atoms in total. The molecule has 0 aromatic heterocycles. The second-order valence-corrected chi connectivity index (χ2v) is 1.71. The van der Waals surface area contributed by atoms with Gasteiger partial charge in [-0.1, -0.05) is 0 Å². The predicted octanol–water partition coefficient (Wildman–Crippen LogP) is 0.860. The van der Waals surface area contributed by atoms with E-state index in [1.807, 2.05) is 0 Å². The summed E-state index contributed by atoms with van der Waals surface area (Å²) in [7, 11) is 0. The summed E-state index contributed by atoms with van der Waals surface area (Å²) in [6.07, 6.45) is 2.39. The summed E-state index contributed by atoms with van der Waals surface area (Å²) in [4.78, 5) is 3.86. The fraction of sp³-hybridized carbons (Fsp3) is 0.800. The molecule has 0 radical (unpaired) electrons. The molecule has 0 N–H and O–H groups in total. The Morgan fingerprint density at radius 1 is 1.71 bits per heavy atom. The molecule has 0 aliphatic rings. The maximum absolute atomic E-state index is 3.86. The van der Waals surface area contributed by atoms with Crippen molar-refractivity contribution in [3.8, 4) is 0 Å². The molecule has 0 aliphatic heterocycles. The minimum atomic E-state index is 0.920. The number of hydrogen-bond acceptors (Lipinski definition) is 1. The van der Waals surface area contributed by atoms with Gasteiger partial charge in [0.25, 0.3) is 0 Å². The molecule has 0 heterocycles.